The van der Waals surface area contributed by atoms with Gasteiger partial charge in [-0.3, -0.25) is 10.3 Å². The summed E-state index contributed by atoms with van der Waals surface area (Å²) in [4.78, 5) is 22.4. The lowest BCUT2D eigenvalue weighted by Gasteiger charge is -2.21. The van der Waals surface area contributed by atoms with Gasteiger partial charge < -0.3 is 4.74 Å². The molecule has 0 bridgehead atoms. The molecule has 1 fully saturated rings. The number of rotatable bonds is 8. The number of aromatic nitrogens is 2. The number of fused-ring (bicyclic) bond motifs is 1. The first kappa shape index (κ1) is 30.4. The Balaban J connectivity index is 1.60. The van der Waals surface area contributed by atoms with Crippen LogP contribution < -0.4 is 10.0 Å². The van der Waals surface area contributed by atoms with Crippen molar-refractivity contribution in [3.63, 3.8) is 0 Å². The average molecular weight is 648 g/mol. The van der Waals surface area contributed by atoms with Crippen LogP contribution in [-0.4, -0.2) is 45.8 Å². The van der Waals surface area contributed by atoms with E-state index in [2.05, 4.69) is 20.0 Å². The Morgan fingerprint density at radius 2 is 1.88 bits per heavy atom. The Bertz CT molecular complexity index is 1900. The minimum Gasteiger partial charge on any atom is -0.444 e. The molecular formula is C28H30ClN5O5S3. The summed E-state index contributed by atoms with van der Waals surface area (Å²) in [5.74, 6) is 0.153. The molecule has 3 aromatic heterocycles. The van der Waals surface area contributed by atoms with Crippen LogP contribution in [0.4, 0.5) is 10.6 Å². The van der Waals surface area contributed by atoms with Gasteiger partial charge in [-0.15, -0.1) is 11.3 Å². The minimum atomic E-state index is -3.70. The number of carbonyl (C=O) groups is 1. The number of nitrogens with one attached hydrogen (secondary N) is 3. The van der Waals surface area contributed by atoms with Crippen molar-refractivity contribution in [2.24, 2.45) is 0 Å². The van der Waals surface area contributed by atoms with Crippen molar-refractivity contribution < 1.29 is 22.2 Å². The first-order valence-corrected chi connectivity index (χ1v) is 17.7. The highest BCUT2D eigenvalue weighted by atomic mass is 35.5. The van der Waals surface area contributed by atoms with Gasteiger partial charge in [-0.1, -0.05) is 29.8 Å². The van der Waals surface area contributed by atoms with Gasteiger partial charge in [0, 0.05) is 27.6 Å². The maximum absolute atomic E-state index is 13.2. The van der Waals surface area contributed by atoms with E-state index >= 15 is 0 Å². The van der Waals surface area contributed by atoms with Crippen LogP contribution in [0.2, 0.25) is 5.02 Å². The van der Waals surface area contributed by atoms with Crippen LogP contribution in [0, 0.1) is 4.78 Å². The third-order valence-corrected chi connectivity index (χ3v) is 11.0. The third kappa shape index (κ3) is 6.92. The number of benzene rings is 1. The SMILES string of the molecule is CC(C)(C)OC(=O)Nc1ccc(Cl)c(C(NS(=O)(=O)C2CC2)c2cc3cccc(-c4cc(S(C)(=N)=O)ccn4)c3s2)n1. The molecule has 4 aromatic rings. The van der Waals surface area contributed by atoms with Crippen molar-refractivity contribution in [2.75, 3.05) is 11.6 Å². The van der Waals surface area contributed by atoms with E-state index in [1.165, 1.54) is 29.9 Å². The average Bonchev–Trinajstić information content (AvgIpc) is 3.67. The van der Waals surface area contributed by atoms with Crippen LogP contribution in [0.3, 0.4) is 0 Å². The van der Waals surface area contributed by atoms with Gasteiger partial charge in [0.25, 0.3) is 0 Å². The molecule has 3 N–H and O–H groups in total. The van der Waals surface area contributed by atoms with Gasteiger partial charge in [0.1, 0.15) is 11.4 Å². The standard InChI is InChI=1S/C28H30ClN5O5S3/c1-28(2,3)39-27(35)33-23-11-10-20(29)24(32-23)25(34-42(37,38)17-8-9-17)22-14-16-6-5-7-19(26(16)40-22)21-15-18(12-13-31-21)41(4,30)36/h5-7,10-15,17,25,30,34H,8-9H2,1-4H3,(H,32,33,35). The predicted octanol–water partition coefficient (Wildman–Crippen LogP) is 6.57. The van der Waals surface area contributed by atoms with Gasteiger partial charge in [-0.05, 0) is 69.3 Å². The smallest absolute Gasteiger partial charge is 0.413 e. The predicted molar refractivity (Wildman–Crippen MR) is 166 cm³/mol. The van der Waals surface area contributed by atoms with E-state index < -0.39 is 42.7 Å². The summed E-state index contributed by atoms with van der Waals surface area (Å²) in [7, 11) is -6.66. The van der Waals surface area contributed by atoms with Gasteiger partial charge in [-0.2, -0.15) is 0 Å². The highest BCUT2D eigenvalue weighted by Crippen LogP contribution is 2.41. The second kappa shape index (κ2) is 11.2. The topological polar surface area (TPSA) is 151 Å². The molecule has 2 atom stereocenters. The molecule has 1 saturated carbocycles. The third-order valence-electron chi connectivity index (χ3n) is 6.33. The molecule has 3 heterocycles. The van der Waals surface area contributed by atoms with Crippen molar-refractivity contribution in [3.8, 4) is 11.3 Å². The number of pyridine rings is 2. The van der Waals surface area contributed by atoms with Crippen LogP contribution in [0.15, 0.2) is 59.6 Å². The number of hydrogen-bond donors (Lipinski definition) is 3. The molecule has 0 aliphatic heterocycles. The summed E-state index contributed by atoms with van der Waals surface area (Å²) in [5, 5.41) is 3.15. The number of carbonyl (C=O) groups excluding carboxylic acids is 1. The summed E-state index contributed by atoms with van der Waals surface area (Å²) in [6, 6.07) is 12.8. The minimum absolute atomic E-state index is 0.153. The zero-order valence-corrected chi connectivity index (χ0v) is 26.5. The van der Waals surface area contributed by atoms with E-state index in [4.69, 9.17) is 21.1 Å². The van der Waals surface area contributed by atoms with Gasteiger partial charge in [0.15, 0.2) is 0 Å². The maximum atomic E-state index is 13.2. The summed E-state index contributed by atoms with van der Waals surface area (Å²) in [6.45, 7) is 5.22. The van der Waals surface area contributed by atoms with Crippen LogP contribution in [0.25, 0.3) is 21.3 Å². The summed E-state index contributed by atoms with van der Waals surface area (Å²) < 4.78 is 55.7. The quantitative estimate of drug-likeness (QED) is 0.196. The van der Waals surface area contributed by atoms with Crippen LogP contribution in [0.5, 0.6) is 0 Å². The highest BCUT2D eigenvalue weighted by Gasteiger charge is 2.39. The monoisotopic (exact) mass is 647 g/mol. The van der Waals surface area contributed by atoms with E-state index in [1.54, 1.807) is 39.0 Å². The van der Waals surface area contributed by atoms with Crippen molar-refractivity contribution in [1.82, 2.24) is 14.7 Å². The fourth-order valence-electron chi connectivity index (χ4n) is 4.25. The maximum Gasteiger partial charge on any atom is 0.413 e. The molecule has 1 amide bonds. The van der Waals surface area contributed by atoms with Gasteiger partial charge in [-0.25, -0.2) is 31.9 Å². The molecule has 2 unspecified atom stereocenters. The zero-order valence-electron chi connectivity index (χ0n) is 23.3. The molecule has 42 heavy (non-hydrogen) atoms. The molecule has 0 radical (unpaired) electrons. The van der Waals surface area contributed by atoms with E-state index in [-0.39, 0.29) is 16.5 Å². The van der Waals surface area contributed by atoms with Crippen LogP contribution >= 0.6 is 22.9 Å². The zero-order chi connectivity index (χ0) is 30.4. The number of ether oxygens (including phenoxy) is 1. The number of sulfonamides is 1. The highest BCUT2D eigenvalue weighted by molar-refractivity contribution is 7.91. The molecule has 1 aliphatic carbocycles. The number of amides is 1. The largest absolute Gasteiger partial charge is 0.444 e. The van der Waals surface area contributed by atoms with Crippen molar-refractivity contribution in [3.05, 3.63) is 70.3 Å². The Labute approximate surface area is 253 Å². The lowest BCUT2D eigenvalue weighted by atomic mass is 10.1. The summed E-state index contributed by atoms with van der Waals surface area (Å²) in [5.41, 5.74) is 0.794. The fraction of sp³-hybridized carbons (Fsp3) is 0.321. The van der Waals surface area contributed by atoms with Crippen molar-refractivity contribution in [1.29, 1.82) is 4.78 Å². The Hall–Kier alpha value is -3.10. The van der Waals surface area contributed by atoms with E-state index in [0.717, 1.165) is 15.6 Å². The molecule has 1 aromatic carbocycles. The van der Waals surface area contributed by atoms with Crippen molar-refractivity contribution >= 4 is 64.7 Å². The van der Waals surface area contributed by atoms with E-state index in [1.807, 2.05) is 24.3 Å². The molecule has 222 valence electrons. The fourth-order valence-corrected chi connectivity index (χ4v) is 7.95. The molecule has 5 rings (SSSR count). The van der Waals surface area contributed by atoms with Crippen LogP contribution in [0.1, 0.15) is 50.2 Å². The van der Waals surface area contributed by atoms with Crippen molar-refractivity contribution in [2.45, 2.75) is 55.4 Å². The lowest BCUT2D eigenvalue weighted by Crippen LogP contribution is -2.32. The van der Waals surface area contributed by atoms with Gasteiger partial charge in [0.05, 0.1) is 42.3 Å². The molecule has 1 aliphatic rings. The lowest BCUT2D eigenvalue weighted by molar-refractivity contribution is 0.0635. The number of anilines is 1. The molecule has 10 nitrogen and oxygen atoms in total. The Morgan fingerprint density at radius 3 is 2.55 bits per heavy atom. The van der Waals surface area contributed by atoms with E-state index in [9.17, 15) is 17.4 Å². The first-order chi connectivity index (χ1) is 19.6. The number of thiophene rings is 1. The van der Waals surface area contributed by atoms with E-state index in [0.29, 0.717) is 28.3 Å². The molecule has 0 spiro atoms. The van der Waals surface area contributed by atoms with Gasteiger partial charge >= 0.3 is 6.09 Å². The summed E-state index contributed by atoms with van der Waals surface area (Å²) in [6.07, 6.45) is 3.31. The normalized spacial score (nSPS) is 16.1. The second-order valence-electron chi connectivity index (χ2n) is 11.1. The summed E-state index contributed by atoms with van der Waals surface area (Å²) >= 11 is 7.95. The van der Waals surface area contributed by atoms with Gasteiger partial charge in [0.2, 0.25) is 10.0 Å². The number of halogens is 1. The number of nitrogens with zero attached hydrogens (tertiary/aromatic N) is 2. The second-order valence-corrected chi connectivity index (χ2v) is 16.7. The Morgan fingerprint density at radius 1 is 1.14 bits per heavy atom. The molecular weight excluding hydrogens is 618 g/mol. The first-order valence-electron chi connectivity index (χ1n) is 13.0. The number of hydrogen-bond acceptors (Lipinski definition) is 9. The van der Waals surface area contributed by atoms with Crippen LogP contribution in [-0.2, 0) is 24.5 Å². The molecule has 14 heteroatoms. The Kier molecular flexibility index (Phi) is 8.09. The molecule has 0 saturated heterocycles.